The summed E-state index contributed by atoms with van der Waals surface area (Å²) in [7, 11) is 0. The fraction of sp³-hybridized carbons (Fsp3) is 0.417. The van der Waals surface area contributed by atoms with E-state index in [0.717, 1.165) is 52.5 Å². The summed E-state index contributed by atoms with van der Waals surface area (Å²) in [6, 6.07) is 0.659. The molecule has 4 N–H and O–H groups in total. The van der Waals surface area contributed by atoms with Crippen molar-refractivity contribution in [3.8, 4) is 0 Å². The molecule has 0 bridgehead atoms. The van der Waals surface area contributed by atoms with Gasteiger partial charge in [0.25, 0.3) is 11.3 Å². The fourth-order valence-electron chi connectivity index (χ4n) is 5.23. The molecule has 1 amide bonds. The Morgan fingerprint density at radius 2 is 1.98 bits per heavy atom. The zero-order valence-corrected chi connectivity index (χ0v) is 22.5. The topological polar surface area (TPSA) is 153 Å². The number of fused-ring (bicyclic) bond motifs is 1. The summed E-state index contributed by atoms with van der Waals surface area (Å²) < 4.78 is 65.4. The second-order valence-corrected chi connectivity index (χ2v) is 11.4. The Balaban J connectivity index is 1.44. The van der Waals surface area contributed by atoms with Gasteiger partial charge in [-0.3, -0.25) is 9.35 Å². The number of benzene rings is 1. The van der Waals surface area contributed by atoms with Crippen LogP contribution in [0.15, 0.2) is 30.6 Å². The van der Waals surface area contributed by atoms with Crippen LogP contribution in [-0.2, 0) is 33.5 Å². The first-order valence-electron chi connectivity index (χ1n) is 12.3. The Morgan fingerprint density at radius 3 is 2.62 bits per heavy atom. The van der Waals surface area contributed by atoms with E-state index in [1.807, 2.05) is 4.90 Å². The number of carboxylic acid groups (broad SMARTS) is 1. The van der Waals surface area contributed by atoms with Gasteiger partial charge in [0.15, 0.2) is 5.13 Å². The highest BCUT2D eigenvalue weighted by Crippen LogP contribution is 2.38. The van der Waals surface area contributed by atoms with Crippen molar-refractivity contribution in [1.82, 2.24) is 14.9 Å². The summed E-state index contributed by atoms with van der Waals surface area (Å²) in [5, 5.41) is 11.3. The van der Waals surface area contributed by atoms with Crippen LogP contribution in [-0.4, -0.2) is 72.3 Å². The number of nitrogen functional groups attached to an aromatic ring is 1. The summed E-state index contributed by atoms with van der Waals surface area (Å²) in [5.74, 6) is -2.37. The van der Waals surface area contributed by atoms with Gasteiger partial charge in [0, 0.05) is 37.6 Å². The van der Waals surface area contributed by atoms with Gasteiger partial charge in [-0.2, -0.15) is 13.2 Å². The van der Waals surface area contributed by atoms with Gasteiger partial charge in [-0.05, 0) is 42.3 Å². The number of carboxylic acids is 1. The van der Waals surface area contributed by atoms with Crippen LogP contribution in [0.4, 0.5) is 29.1 Å². The number of nitrogens with zero attached hydrogens (tertiary/aromatic N) is 5. The molecule has 1 unspecified atom stereocenters. The average molecular weight is 599 g/mol. The van der Waals surface area contributed by atoms with Gasteiger partial charge in [0.1, 0.15) is 22.9 Å². The van der Waals surface area contributed by atoms with Gasteiger partial charge in [-0.15, -0.1) is 0 Å². The second-order valence-electron chi connectivity index (χ2n) is 9.55. The molecule has 4 heterocycles. The number of thiazole rings is 1. The number of amides is 1. The normalized spacial score (nSPS) is 19.4. The van der Waals surface area contributed by atoms with Crippen LogP contribution in [0.25, 0.3) is 10.8 Å². The summed E-state index contributed by atoms with van der Waals surface area (Å²) >= 11 is -1.50. The van der Waals surface area contributed by atoms with E-state index in [2.05, 4.69) is 9.97 Å². The third kappa shape index (κ3) is 5.30. The molecule has 0 radical (unpaired) electrons. The Morgan fingerprint density at radius 1 is 1.25 bits per heavy atom. The quantitative estimate of drug-likeness (QED) is 0.332. The number of pyridine rings is 1. The molecule has 5 rings (SSSR count). The molecule has 1 aromatic carbocycles. The minimum absolute atomic E-state index is 0.00207. The van der Waals surface area contributed by atoms with E-state index in [4.69, 9.17) is 5.73 Å². The van der Waals surface area contributed by atoms with Crippen LogP contribution in [0.3, 0.4) is 0 Å². The third-order valence-electron chi connectivity index (χ3n) is 7.14. The maximum atomic E-state index is 14.0. The number of anilines is 3. The maximum absolute atomic E-state index is 14.0. The zero-order valence-electron chi connectivity index (χ0n) is 20.9. The van der Waals surface area contributed by atoms with Gasteiger partial charge >= 0.3 is 12.1 Å². The largest absolute Gasteiger partial charge is 0.480 e. The molecule has 40 heavy (non-hydrogen) atoms. The molecule has 2 saturated heterocycles. The minimum Gasteiger partial charge on any atom is -0.480 e. The first-order valence-corrected chi connectivity index (χ1v) is 14.2. The average Bonchev–Trinajstić information content (AvgIpc) is 3.64. The molecule has 11 nitrogen and oxygen atoms in total. The highest BCUT2D eigenvalue weighted by atomic mass is 32.2. The van der Waals surface area contributed by atoms with Crippen LogP contribution in [0.2, 0.25) is 0 Å². The molecule has 16 heteroatoms. The molecule has 2 aliphatic heterocycles. The Kier molecular flexibility index (Phi) is 7.58. The number of rotatable bonds is 8. The van der Waals surface area contributed by atoms with Crippen molar-refractivity contribution in [3.05, 3.63) is 41.7 Å². The van der Waals surface area contributed by atoms with Crippen molar-refractivity contribution in [3.63, 3.8) is 0 Å². The molecule has 3 aromatic rings. The van der Waals surface area contributed by atoms with Crippen LogP contribution < -0.4 is 14.9 Å². The Hall–Kier alpha value is -3.50. The number of aromatic nitrogens is 2. The highest BCUT2D eigenvalue weighted by Gasteiger charge is 2.45. The Bertz CT molecular complexity index is 1480. The number of carbonyl (C=O) groups excluding carboxylic acids is 1. The van der Waals surface area contributed by atoms with Gasteiger partial charge in [0.05, 0.1) is 11.8 Å². The standard InChI is InChI=1S/C24H25F3N6O5S2/c25-24(26,27)16-11-15-13(3-5-29-20(15)28)9-14(16)10-18(22(35)36)32-8-4-17(21(32)34)33(40(37)38)19-12-30-23(39-19)31-6-1-2-7-31/h3,5,9,11-12,17-18H,1-2,4,6-8,10H2,(H2,28,29)(H,35,36)(H,37,38)/t17-,18+/m0/s1. The van der Waals surface area contributed by atoms with E-state index in [1.54, 1.807) is 0 Å². The molecule has 0 spiro atoms. The van der Waals surface area contributed by atoms with E-state index >= 15 is 0 Å². The third-order valence-corrected chi connectivity index (χ3v) is 9.10. The van der Waals surface area contributed by atoms with Crippen molar-refractivity contribution in [1.29, 1.82) is 0 Å². The fourth-order valence-corrected chi connectivity index (χ4v) is 7.07. The molecule has 2 fully saturated rings. The zero-order chi connectivity index (χ0) is 28.8. The van der Waals surface area contributed by atoms with Crippen LogP contribution in [0, 0.1) is 0 Å². The minimum atomic E-state index is -4.82. The number of carbonyl (C=O) groups is 2. The summed E-state index contributed by atoms with van der Waals surface area (Å²) in [6.07, 6.45) is -0.751. The van der Waals surface area contributed by atoms with Crippen LogP contribution in [0.1, 0.15) is 30.4 Å². The van der Waals surface area contributed by atoms with E-state index < -0.39 is 53.4 Å². The number of halogens is 3. The van der Waals surface area contributed by atoms with Gasteiger partial charge in [0.2, 0.25) is 5.91 Å². The lowest BCUT2D eigenvalue weighted by Crippen LogP contribution is -2.48. The van der Waals surface area contributed by atoms with E-state index in [9.17, 15) is 36.6 Å². The van der Waals surface area contributed by atoms with Gasteiger partial charge in [-0.1, -0.05) is 17.4 Å². The molecular weight excluding hydrogens is 573 g/mol. The van der Waals surface area contributed by atoms with E-state index in [-0.39, 0.29) is 34.7 Å². The van der Waals surface area contributed by atoms with Crippen molar-refractivity contribution in [2.24, 2.45) is 0 Å². The predicted octanol–water partition coefficient (Wildman–Crippen LogP) is 3.13. The number of hydrogen-bond donors (Lipinski definition) is 3. The van der Waals surface area contributed by atoms with Crippen molar-refractivity contribution in [2.75, 3.05) is 34.6 Å². The number of nitrogens with two attached hydrogens (primary N) is 1. The molecular formula is C24H25F3N6O5S2. The smallest absolute Gasteiger partial charge is 0.416 e. The van der Waals surface area contributed by atoms with E-state index in [1.165, 1.54) is 24.5 Å². The maximum Gasteiger partial charge on any atom is 0.416 e. The number of hydrogen-bond acceptors (Lipinski definition) is 8. The number of alkyl halides is 3. The lowest BCUT2D eigenvalue weighted by Gasteiger charge is -2.28. The molecule has 3 atom stereocenters. The van der Waals surface area contributed by atoms with Crippen molar-refractivity contribution >= 4 is 61.2 Å². The summed E-state index contributed by atoms with van der Waals surface area (Å²) in [4.78, 5) is 36.9. The molecule has 2 aromatic heterocycles. The monoisotopic (exact) mass is 598 g/mol. The first-order chi connectivity index (χ1) is 19.0. The van der Waals surface area contributed by atoms with Gasteiger partial charge in [-0.25, -0.2) is 23.3 Å². The first kappa shape index (κ1) is 28.0. The molecule has 2 aliphatic rings. The van der Waals surface area contributed by atoms with Crippen molar-refractivity contribution < 1.29 is 36.6 Å². The van der Waals surface area contributed by atoms with Crippen LogP contribution in [0.5, 0.6) is 0 Å². The summed E-state index contributed by atoms with van der Waals surface area (Å²) in [5.41, 5.74) is 4.35. The van der Waals surface area contributed by atoms with Crippen molar-refractivity contribution in [2.45, 2.75) is 43.9 Å². The Labute approximate surface area is 232 Å². The molecule has 0 saturated carbocycles. The number of likely N-dealkylation sites (tertiary alicyclic amines) is 1. The lowest BCUT2D eigenvalue weighted by atomic mass is 9.95. The molecule has 0 aliphatic carbocycles. The predicted molar refractivity (Wildman–Crippen MR) is 143 cm³/mol. The summed E-state index contributed by atoms with van der Waals surface area (Å²) in [6.45, 7) is 1.46. The van der Waals surface area contributed by atoms with E-state index in [0.29, 0.717) is 10.5 Å². The number of aliphatic carboxylic acids is 1. The van der Waals surface area contributed by atoms with Gasteiger partial charge < -0.3 is 20.6 Å². The van der Waals surface area contributed by atoms with Crippen LogP contribution >= 0.6 is 11.3 Å². The second kappa shape index (κ2) is 10.8. The highest BCUT2D eigenvalue weighted by molar-refractivity contribution is 7.81. The SMILES string of the molecule is Nc1nccc2cc(C[C@H](C(=O)O)N3CC[C@H](N(c4cnc(N5CCCC5)s4)S(=O)O)C3=O)c(C(F)(F)F)cc12. The lowest BCUT2D eigenvalue weighted by molar-refractivity contribution is -0.149. The molecule has 214 valence electrons.